The van der Waals surface area contributed by atoms with Crippen LogP contribution in [0.1, 0.15) is 18.9 Å². The normalized spacial score (nSPS) is 10.5. The number of carbonyl (C=O) groups is 1. The lowest BCUT2D eigenvalue weighted by atomic mass is 10.2. The molecule has 23 heavy (non-hydrogen) atoms. The Morgan fingerprint density at radius 2 is 2.09 bits per heavy atom. The van der Waals surface area contributed by atoms with Crippen LogP contribution in [0.4, 0.5) is 10.6 Å². The van der Waals surface area contributed by atoms with E-state index < -0.39 is 0 Å². The summed E-state index contributed by atoms with van der Waals surface area (Å²) in [7, 11) is 0. The third kappa shape index (κ3) is 5.37. The van der Waals surface area contributed by atoms with Crippen molar-refractivity contribution in [2.75, 3.05) is 25.0 Å². The quantitative estimate of drug-likeness (QED) is 0.777. The monoisotopic (exact) mass is 317 g/mol. The molecule has 0 saturated carbocycles. The zero-order valence-corrected chi connectivity index (χ0v) is 13.4. The van der Waals surface area contributed by atoms with Crippen molar-refractivity contribution in [2.45, 2.75) is 26.3 Å². The molecule has 2 aromatic rings. The summed E-state index contributed by atoms with van der Waals surface area (Å²) in [6, 6.07) is 5.49. The van der Waals surface area contributed by atoms with Gasteiger partial charge in [0.15, 0.2) is 5.82 Å². The number of hydrogen-bond acceptors (Lipinski definition) is 4. The molecule has 7 heteroatoms. The van der Waals surface area contributed by atoms with Gasteiger partial charge in [0.1, 0.15) is 0 Å². The van der Waals surface area contributed by atoms with Crippen molar-refractivity contribution in [3.63, 3.8) is 0 Å². The van der Waals surface area contributed by atoms with Crippen molar-refractivity contribution < 1.29 is 9.90 Å². The van der Waals surface area contributed by atoms with Gasteiger partial charge in [0.05, 0.1) is 6.61 Å². The Hall–Kier alpha value is -2.41. The largest absolute Gasteiger partial charge is 0.395 e. The highest BCUT2D eigenvalue weighted by atomic mass is 16.3. The van der Waals surface area contributed by atoms with Gasteiger partial charge in [-0.25, -0.2) is 4.79 Å². The van der Waals surface area contributed by atoms with E-state index in [4.69, 9.17) is 5.11 Å². The number of aromatic nitrogens is 3. The molecule has 0 unspecified atom stereocenters. The first-order chi connectivity index (χ1) is 11.2. The minimum Gasteiger partial charge on any atom is -0.395 e. The molecule has 2 aromatic heterocycles. The molecular weight excluding hydrogens is 294 g/mol. The molecule has 0 fully saturated rings. The molecule has 0 radical (unpaired) electrons. The smallest absolute Gasteiger partial charge is 0.323 e. The number of amides is 2. The molecule has 2 rings (SSSR count). The molecule has 2 amide bonds. The SMILES string of the molecule is CCCN(CCO)C(=O)Nc1ccn(CCc2ccncc2)n1. The van der Waals surface area contributed by atoms with Crippen molar-refractivity contribution in [2.24, 2.45) is 0 Å². The van der Waals surface area contributed by atoms with Gasteiger partial charge in [-0.1, -0.05) is 6.92 Å². The lowest BCUT2D eigenvalue weighted by molar-refractivity contribution is 0.188. The Morgan fingerprint density at radius 1 is 1.30 bits per heavy atom. The van der Waals surface area contributed by atoms with Crippen molar-refractivity contribution >= 4 is 11.8 Å². The molecule has 7 nitrogen and oxygen atoms in total. The summed E-state index contributed by atoms with van der Waals surface area (Å²) in [5, 5.41) is 16.1. The number of hydrogen-bond donors (Lipinski definition) is 2. The van der Waals surface area contributed by atoms with Crippen molar-refractivity contribution in [3.8, 4) is 0 Å². The van der Waals surface area contributed by atoms with Gasteiger partial charge in [-0.15, -0.1) is 0 Å². The van der Waals surface area contributed by atoms with Gasteiger partial charge in [0, 0.05) is 44.3 Å². The first-order valence-corrected chi connectivity index (χ1v) is 7.82. The fourth-order valence-corrected chi connectivity index (χ4v) is 2.24. The average Bonchev–Trinajstić information content (AvgIpc) is 3.01. The lowest BCUT2D eigenvalue weighted by Gasteiger charge is -2.20. The lowest BCUT2D eigenvalue weighted by Crippen LogP contribution is -2.37. The Bertz CT molecular complexity index is 594. The predicted octanol–water partition coefficient (Wildman–Crippen LogP) is 1.76. The van der Waals surface area contributed by atoms with E-state index in [-0.39, 0.29) is 12.6 Å². The summed E-state index contributed by atoms with van der Waals surface area (Å²) >= 11 is 0. The Labute approximate surface area is 136 Å². The second kappa shape index (κ2) is 8.89. The van der Waals surface area contributed by atoms with Crippen LogP contribution < -0.4 is 5.32 Å². The highest BCUT2D eigenvalue weighted by Crippen LogP contribution is 2.06. The van der Waals surface area contributed by atoms with Crippen LogP contribution in [0, 0.1) is 0 Å². The van der Waals surface area contributed by atoms with Gasteiger partial charge in [0.25, 0.3) is 0 Å². The van der Waals surface area contributed by atoms with E-state index in [1.165, 1.54) is 5.56 Å². The van der Waals surface area contributed by atoms with Crippen molar-refractivity contribution in [1.29, 1.82) is 0 Å². The van der Waals surface area contributed by atoms with Crippen LogP contribution in [0.2, 0.25) is 0 Å². The Morgan fingerprint density at radius 3 is 2.78 bits per heavy atom. The van der Waals surface area contributed by atoms with Gasteiger partial charge in [0.2, 0.25) is 0 Å². The van der Waals surface area contributed by atoms with Gasteiger partial charge in [-0.3, -0.25) is 15.0 Å². The molecule has 0 aliphatic carbocycles. The summed E-state index contributed by atoms with van der Waals surface area (Å²) in [4.78, 5) is 17.7. The maximum atomic E-state index is 12.1. The molecule has 124 valence electrons. The van der Waals surface area contributed by atoms with Crippen molar-refractivity contribution in [1.82, 2.24) is 19.7 Å². The number of urea groups is 1. The third-order valence-electron chi connectivity index (χ3n) is 3.41. The molecule has 0 atom stereocenters. The van der Waals surface area contributed by atoms with E-state index in [0.717, 1.165) is 19.4 Å². The van der Waals surface area contributed by atoms with Gasteiger partial charge < -0.3 is 10.0 Å². The third-order valence-corrected chi connectivity index (χ3v) is 3.41. The maximum Gasteiger partial charge on any atom is 0.323 e. The van der Waals surface area contributed by atoms with Crippen LogP contribution in [0.15, 0.2) is 36.8 Å². The number of rotatable bonds is 8. The highest BCUT2D eigenvalue weighted by molar-refractivity contribution is 5.88. The Kier molecular flexibility index (Phi) is 6.56. The first-order valence-electron chi connectivity index (χ1n) is 7.82. The number of aryl methyl sites for hydroxylation is 2. The van der Waals surface area contributed by atoms with E-state index >= 15 is 0 Å². The topological polar surface area (TPSA) is 83.3 Å². The van der Waals surface area contributed by atoms with Crippen LogP contribution in [0.5, 0.6) is 0 Å². The summed E-state index contributed by atoms with van der Waals surface area (Å²) in [6.45, 7) is 3.60. The van der Waals surface area contributed by atoms with Crippen LogP contribution in [0.3, 0.4) is 0 Å². The van der Waals surface area contributed by atoms with E-state index in [1.807, 2.05) is 25.3 Å². The standard InChI is InChI=1S/C16H23N5O2/c1-2-9-20(12-13-22)16(23)18-15-6-11-21(19-15)10-5-14-3-7-17-8-4-14/h3-4,6-8,11,22H,2,5,9-10,12-13H2,1H3,(H,18,19,23). The molecular formula is C16H23N5O2. The van der Waals surface area contributed by atoms with E-state index in [0.29, 0.717) is 18.9 Å². The fourth-order valence-electron chi connectivity index (χ4n) is 2.24. The number of carbonyl (C=O) groups excluding carboxylic acids is 1. The minimum absolute atomic E-state index is 0.0478. The van der Waals surface area contributed by atoms with E-state index in [9.17, 15) is 4.79 Å². The molecule has 0 spiro atoms. The molecule has 0 aromatic carbocycles. The summed E-state index contributed by atoms with van der Waals surface area (Å²) in [5.74, 6) is 0.517. The fraction of sp³-hybridized carbons (Fsp3) is 0.438. The van der Waals surface area contributed by atoms with Gasteiger partial charge in [-0.2, -0.15) is 5.10 Å². The Balaban J connectivity index is 1.87. The second-order valence-corrected chi connectivity index (χ2v) is 5.21. The molecule has 2 N–H and O–H groups in total. The van der Waals surface area contributed by atoms with Crippen LogP contribution >= 0.6 is 0 Å². The zero-order chi connectivity index (χ0) is 16.5. The summed E-state index contributed by atoms with van der Waals surface area (Å²) in [5.41, 5.74) is 1.19. The number of nitrogens with one attached hydrogen (secondary N) is 1. The van der Waals surface area contributed by atoms with Crippen LogP contribution in [0.25, 0.3) is 0 Å². The summed E-state index contributed by atoms with van der Waals surface area (Å²) in [6.07, 6.45) is 7.08. The number of anilines is 1. The van der Waals surface area contributed by atoms with Gasteiger partial charge >= 0.3 is 6.03 Å². The van der Waals surface area contributed by atoms with E-state index in [2.05, 4.69) is 15.4 Å². The van der Waals surface area contributed by atoms with Gasteiger partial charge in [-0.05, 0) is 30.5 Å². The predicted molar refractivity (Wildman–Crippen MR) is 88.1 cm³/mol. The first kappa shape index (κ1) is 17.0. The minimum atomic E-state index is -0.236. The number of nitrogens with zero attached hydrogens (tertiary/aromatic N) is 4. The number of aliphatic hydroxyl groups excluding tert-OH is 1. The molecule has 0 bridgehead atoms. The number of aliphatic hydroxyl groups is 1. The molecule has 0 aliphatic heterocycles. The zero-order valence-electron chi connectivity index (χ0n) is 13.4. The van der Waals surface area contributed by atoms with E-state index in [1.54, 1.807) is 28.0 Å². The second-order valence-electron chi connectivity index (χ2n) is 5.21. The summed E-state index contributed by atoms with van der Waals surface area (Å²) < 4.78 is 1.80. The van der Waals surface area contributed by atoms with Crippen LogP contribution in [-0.4, -0.2) is 50.5 Å². The average molecular weight is 317 g/mol. The van der Waals surface area contributed by atoms with Crippen LogP contribution in [-0.2, 0) is 13.0 Å². The number of pyridine rings is 1. The molecule has 2 heterocycles. The molecule has 0 saturated heterocycles. The van der Waals surface area contributed by atoms with Crippen molar-refractivity contribution in [3.05, 3.63) is 42.4 Å². The highest BCUT2D eigenvalue weighted by Gasteiger charge is 2.13. The maximum absolute atomic E-state index is 12.1. The molecule has 0 aliphatic rings.